The summed E-state index contributed by atoms with van der Waals surface area (Å²) in [4.78, 5) is 23.0. The van der Waals surface area contributed by atoms with Crippen molar-refractivity contribution in [2.24, 2.45) is 5.92 Å². The normalized spacial score (nSPS) is 23.0. The van der Waals surface area contributed by atoms with Gasteiger partial charge in [0.05, 0.1) is 10.7 Å². The van der Waals surface area contributed by atoms with E-state index in [0.29, 0.717) is 12.0 Å². The van der Waals surface area contributed by atoms with Crippen LogP contribution in [0, 0.1) is 12.8 Å². The molecule has 2 aliphatic heterocycles. The van der Waals surface area contributed by atoms with Crippen molar-refractivity contribution in [1.29, 1.82) is 0 Å². The molecule has 1 atom stereocenters. The number of hydrogen-bond donors (Lipinski definition) is 1. The van der Waals surface area contributed by atoms with Gasteiger partial charge in [-0.25, -0.2) is 4.98 Å². The summed E-state index contributed by atoms with van der Waals surface area (Å²) in [5, 5.41) is 4.40. The number of carbonyl (C=O) groups is 1. The van der Waals surface area contributed by atoms with Gasteiger partial charge in [-0.3, -0.25) is 9.69 Å². The molecule has 1 amide bonds. The molecule has 0 radical (unpaired) electrons. The molecule has 0 spiro atoms. The number of hydrogen-bond acceptors (Lipinski definition) is 5. The average Bonchev–Trinajstić information content (AvgIpc) is 3.14. The minimum Gasteiger partial charge on any atom is -0.336 e. The number of nitrogens with one attached hydrogen (secondary N) is 1. The molecule has 0 saturated carbocycles. The zero-order valence-electron chi connectivity index (χ0n) is 14.5. The Hall–Kier alpha value is -0.980. The number of rotatable bonds is 4. The van der Waals surface area contributed by atoms with Crippen LogP contribution in [0.4, 0.5) is 0 Å². The maximum atomic E-state index is 13.0. The Kier molecular flexibility index (Phi) is 5.34. The summed E-state index contributed by atoms with van der Waals surface area (Å²) in [5.41, 5.74) is 0.998. The second-order valence-electron chi connectivity index (χ2n) is 7.09. The van der Waals surface area contributed by atoms with Crippen molar-refractivity contribution in [3.05, 3.63) is 15.6 Å². The minimum absolute atomic E-state index is 0.198. The molecule has 1 aromatic heterocycles. The van der Waals surface area contributed by atoms with Crippen molar-refractivity contribution >= 4 is 17.2 Å². The Labute approximate surface area is 143 Å². The first-order valence-electron chi connectivity index (χ1n) is 8.75. The highest BCUT2D eigenvalue weighted by Crippen LogP contribution is 2.25. The van der Waals surface area contributed by atoms with E-state index in [1.807, 2.05) is 11.8 Å². The number of aryl methyl sites for hydroxylation is 1. The predicted molar refractivity (Wildman–Crippen MR) is 94.1 cm³/mol. The van der Waals surface area contributed by atoms with Crippen LogP contribution < -0.4 is 5.32 Å². The third kappa shape index (κ3) is 3.92. The van der Waals surface area contributed by atoms with Crippen LogP contribution in [0.15, 0.2) is 0 Å². The van der Waals surface area contributed by atoms with E-state index in [1.165, 1.54) is 0 Å². The van der Waals surface area contributed by atoms with E-state index in [2.05, 4.69) is 29.0 Å². The van der Waals surface area contributed by atoms with Crippen molar-refractivity contribution in [3.8, 4) is 0 Å². The summed E-state index contributed by atoms with van der Waals surface area (Å²) in [5.74, 6) is 0.721. The standard InChI is InChI=1S/C17H28N4OS/c1-12(2)10-15-16(23-13(3)19-15)17(22)21-7-4-14(11-21)20-8-5-18-6-9-20/h12,14,18H,4-11H2,1-3H3. The highest BCUT2D eigenvalue weighted by atomic mass is 32.1. The van der Waals surface area contributed by atoms with Crippen LogP contribution in [0.25, 0.3) is 0 Å². The molecule has 0 aliphatic carbocycles. The van der Waals surface area contributed by atoms with Crippen LogP contribution in [0.1, 0.15) is 40.6 Å². The second kappa shape index (κ2) is 7.28. The van der Waals surface area contributed by atoms with Crippen molar-refractivity contribution in [2.45, 2.75) is 39.7 Å². The molecule has 2 aliphatic rings. The van der Waals surface area contributed by atoms with Crippen LogP contribution in [0.3, 0.4) is 0 Å². The molecule has 3 rings (SSSR count). The Morgan fingerprint density at radius 1 is 1.35 bits per heavy atom. The first-order chi connectivity index (χ1) is 11.0. The minimum atomic E-state index is 0.198. The van der Waals surface area contributed by atoms with Gasteiger partial charge in [0.15, 0.2) is 0 Å². The summed E-state index contributed by atoms with van der Waals surface area (Å²) < 4.78 is 0. The molecule has 23 heavy (non-hydrogen) atoms. The van der Waals surface area contributed by atoms with Gasteiger partial charge in [-0.15, -0.1) is 11.3 Å². The zero-order chi connectivity index (χ0) is 16.4. The van der Waals surface area contributed by atoms with E-state index in [4.69, 9.17) is 0 Å². The number of amides is 1. The summed E-state index contributed by atoms with van der Waals surface area (Å²) in [6, 6.07) is 0.531. The van der Waals surface area contributed by atoms with Crippen LogP contribution in [0.2, 0.25) is 0 Å². The molecular weight excluding hydrogens is 308 g/mol. The lowest BCUT2D eigenvalue weighted by molar-refractivity contribution is 0.0776. The van der Waals surface area contributed by atoms with E-state index in [-0.39, 0.29) is 5.91 Å². The van der Waals surface area contributed by atoms with E-state index in [0.717, 1.165) is 67.7 Å². The molecule has 0 aromatic carbocycles. The fraction of sp³-hybridized carbons (Fsp3) is 0.765. The number of aromatic nitrogens is 1. The first kappa shape index (κ1) is 16.9. The molecule has 0 bridgehead atoms. The third-order valence-corrected chi connectivity index (χ3v) is 5.72. The van der Waals surface area contributed by atoms with Gasteiger partial charge >= 0.3 is 0 Å². The second-order valence-corrected chi connectivity index (χ2v) is 8.29. The van der Waals surface area contributed by atoms with Gasteiger partial charge < -0.3 is 10.2 Å². The molecule has 2 saturated heterocycles. The molecule has 1 aromatic rings. The quantitative estimate of drug-likeness (QED) is 0.910. The van der Waals surface area contributed by atoms with Crippen LogP contribution in [-0.2, 0) is 6.42 Å². The lowest BCUT2D eigenvalue weighted by Gasteiger charge is -2.32. The summed E-state index contributed by atoms with van der Waals surface area (Å²) in [6.07, 6.45) is 1.99. The first-order valence-corrected chi connectivity index (χ1v) is 9.56. The fourth-order valence-corrected chi connectivity index (χ4v) is 4.49. The summed E-state index contributed by atoms with van der Waals surface area (Å²) >= 11 is 1.56. The maximum Gasteiger partial charge on any atom is 0.265 e. The van der Waals surface area contributed by atoms with Gasteiger partial charge in [0.1, 0.15) is 4.88 Å². The van der Waals surface area contributed by atoms with Crippen LogP contribution >= 0.6 is 11.3 Å². The highest BCUT2D eigenvalue weighted by Gasteiger charge is 2.33. The molecule has 5 nitrogen and oxygen atoms in total. The van der Waals surface area contributed by atoms with Crippen molar-refractivity contribution in [2.75, 3.05) is 39.3 Å². The topological polar surface area (TPSA) is 48.5 Å². The van der Waals surface area contributed by atoms with E-state index in [1.54, 1.807) is 11.3 Å². The number of nitrogens with zero attached hydrogens (tertiary/aromatic N) is 3. The van der Waals surface area contributed by atoms with Gasteiger partial charge in [-0.2, -0.15) is 0 Å². The SMILES string of the molecule is Cc1nc(CC(C)C)c(C(=O)N2CCC(N3CCNCC3)C2)s1. The Morgan fingerprint density at radius 2 is 2.09 bits per heavy atom. The average molecular weight is 337 g/mol. The van der Waals surface area contributed by atoms with Crippen molar-refractivity contribution in [3.63, 3.8) is 0 Å². The molecule has 1 N–H and O–H groups in total. The highest BCUT2D eigenvalue weighted by molar-refractivity contribution is 7.13. The Morgan fingerprint density at radius 3 is 2.78 bits per heavy atom. The summed E-state index contributed by atoms with van der Waals surface area (Å²) in [7, 11) is 0. The fourth-order valence-electron chi connectivity index (χ4n) is 3.58. The Balaban J connectivity index is 1.67. The van der Waals surface area contributed by atoms with E-state index >= 15 is 0 Å². The molecule has 3 heterocycles. The van der Waals surface area contributed by atoms with E-state index in [9.17, 15) is 4.79 Å². The largest absolute Gasteiger partial charge is 0.336 e. The molecule has 128 valence electrons. The van der Waals surface area contributed by atoms with Crippen LogP contribution in [0.5, 0.6) is 0 Å². The third-order valence-electron chi connectivity index (χ3n) is 4.72. The number of thiazole rings is 1. The summed E-state index contributed by atoms with van der Waals surface area (Å²) in [6.45, 7) is 12.4. The van der Waals surface area contributed by atoms with Crippen LogP contribution in [-0.4, -0.2) is 66.0 Å². The molecule has 1 unspecified atom stereocenters. The number of carbonyl (C=O) groups excluding carboxylic acids is 1. The Bertz CT molecular complexity index is 551. The van der Waals surface area contributed by atoms with Gasteiger partial charge in [-0.1, -0.05) is 13.8 Å². The number of likely N-dealkylation sites (tertiary alicyclic amines) is 1. The smallest absolute Gasteiger partial charge is 0.265 e. The van der Waals surface area contributed by atoms with Gasteiger partial charge in [0.2, 0.25) is 0 Å². The van der Waals surface area contributed by atoms with Gasteiger partial charge in [0.25, 0.3) is 5.91 Å². The lowest BCUT2D eigenvalue weighted by Crippen LogP contribution is -2.49. The van der Waals surface area contributed by atoms with Gasteiger partial charge in [-0.05, 0) is 25.7 Å². The molecule has 6 heteroatoms. The molecule has 2 fully saturated rings. The maximum absolute atomic E-state index is 13.0. The molecular formula is C17H28N4OS. The zero-order valence-corrected chi connectivity index (χ0v) is 15.3. The van der Waals surface area contributed by atoms with Gasteiger partial charge in [0, 0.05) is 45.3 Å². The van der Waals surface area contributed by atoms with Crippen molar-refractivity contribution < 1.29 is 4.79 Å². The number of piperazine rings is 1. The van der Waals surface area contributed by atoms with E-state index < -0.39 is 0 Å². The monoisotopic (exact) mass is 336 g/mol. The lowest BCUT2D eigenvalue weighted by atomic mass is 10.1. The predicted octanol–water partition coefficient (Wildman–Crippen LogP) is 1.77. The van der Waals surface area contributed by atoms with Crippen molar-refractivity contribution in [1.82, 2.24) is 20.1 Å².